The normalized spacial score (nSPS) is 10.9. The van der Waals surface area contributed by atoms with Crippen LogP contribution in [-0.4, -0.2) is 5.91 Å². The molecule has 0 bridgehead atoms. The predicted octanol–water partition coefficient (Wildman–Crippen LogP) is 6.99. The second-order valence-electron chi connectivity index (χ2n) is 6.20. The van der Waals surface area contributed by atoms with Gasteiger partial charge in [0.15, 0.2) is 0 Å². The third kappa shape index (κ3) is 5.96. The van der Waals surface area contributed by atoms with E-state index in [1.54, 1.807) is 30.3 Å². The fraction of sp³-hybridized carbons (Fsp3) is 0.0435. The minimum absolute atomic E-state index is 0.00504. The van der Waals surface area contributed by atoms with E-state index in [-0.39, 0.29) is 5.57 Å². The SMILES string of the molecule is N#C/C(=C/c1ccc(OCc2ccccc2Cl)c(Br)c1)C(=O)Nc1ccc(Br)cc1. The topological polar surface area (TPSA) is 62.1 Å². The van der Waals surface area contributed by atoms with Crippen LogP contribution in [0.1, 0.15) is 11.1 Å². The number of nitriles is 1. The second-order valence-corrected chi connectivity index (χ2v) is 8.38. The third-order valence-electron chi connectivity index (χ3n) is 4.08. The lowest BCUT2D eigenvalue weighted by Gasteiger charge is -2.10. The first-order valence-electron chi connectivity index (χ1n) is 8.81. The summed E-state index contributed by atoms with van der Waals surface area (Å²) < 4.78 is 7.43. The van der Waals surface area contributed by atoms with Gasteiger partial charge in [-0.2, -0.15) is 5.26 Å². The van der Waals surface area contributed by atoms with Gasteiger partial charge >= 0.3 is 0 Å². The Labute approximate surface area is 196 Å². The van der Waals surface area contributed by atoms with E-state index in [1.807, 2.05) is 42.5 Å². The number of nitrogens with one attached hydrogen (secondary N) is 1. The summed E-state index contributed by atoms with van der Waals surface area (Å²) in [6.45, 7) is 0.326. The van der Waals surface area contributed by atoms with Gasteiger partial charge in [-0.3, -0.25) is 4.79 Å². The quantitative estimate of drug-likeness (QED) is 0.268. The lowest BCUT2D eigenvalue weighted by molar-refractivity contribution is -0.112. The number of ether oxygens (including phenoxy) is 1. The maximum Gasteiger partial charge on any atom is 0.266 e. The number of carbonyl (C=O) groups is 1. The van der Waals surface area contributed by atoms with Crippen molar-refractivity contribution in [2.45, 2.75) is 6.61 Å². The van der Waals surface area contributed by atoms with Crippen molar-refractivity contribution in [3.05, 3.63) is 97.4 Å². The van der Waals surface area contributed by atoms with E-state index < -0.39 is 5.91 Å². The minimum Gasteiger partial charge on any atom is -0.488 e. The predicted molar refractivity (Wildman–Crippen MR) is 126 cm³/mol. The Kier molecular flexibility index (Phi) is 7.69. The summed E-state index contributed by atoms with van der Waals surface area (Å²) in [7, 11) is 0. The van der Waals surface area contributed by atoms with E-state index in [4.69, 9.17) is 16.3 Å². The number of carbonyl (C=O) groups excluding carboxylic acids is 1. The molecule has 0 unspecified atom stereocenters. The fourth-order valence-corrected chi connectivity index (χ4v) is 3.51. The molecule has 0 aliphatic rings. The van der Waals surface area contributed by atoms with E-state index in [0.717, 1.165) is 10.0 Å². The van der Waals surface area contributed by atoms with E-state index in [2.05, 4.69) is 37.2 Å². The van der Waals surface area contributed by atoms with Gasteiger partial charge in [-0.15, -0.1) is 0 Å². The lowest BCUT2D eigenvalue weighted by atomic mass is 10.1. The van der Waals surface area contributed by atoms with Gasteiger partial charge in [-0.05, 0) is 70.0 Å². The van der Waals surface area contributed by atoms with E-state index in [0.29, 0.717) is 33.1 Å². The molecule has 0 atom stereocenters. The van der Waals surface area contributed by atoms with Crippen molar-refractivity contribution in [2.24, 2.45) is 0 Å². The first-order chi connectivity index (χ1) is 14.5. The molecule has 4 nitrogen and oxygen atoms in total. The average molecular weight is 547 g/mol. The van der Waals surface area contributed by atoms with Crippen LogP contribution in [0.15, 0.2) is 81.2 Å². The van der Waals surface area contributed by atoms with Crippen molar-refractivity contribution < 1.29 is 9.53 Å². The smallest absolute Gasteiger partial charge is 0.266 e. The van der Waals surface area contributed by atoms with Crippen LogP contribution in [0, 0.1) is 11.3 Å². The highest BCUT2D eigenvalue weighted by molar-refractivity contribution is 9.10. The van der Waals surface area contributed by atoms with Crippen molar-refractivity contribution in [3.8, 4) is 11.8 Å². The molecule has 150 valence electrons. The monoisotopic (exact) mass is 544 g/mol. The summed E-state index contributed by atoms with van der Waals surface area (Å²) in [6.07, 6.45) is 1.52. The molecule has 1 N–H and O–H groups in total. The molecule has 0 aliphatic heterocycles. The highest BCUT2D eigenvalue weighted by atomic mass is 79.9. The molecule has 0 radical (unpaired) electrons. The maximum atomic E-state index is 12.4. The molecule has 0 spiro atoms. The first kappa shape index (κ1) is 22.1. The molecule has 30 heavy (non-hydrogen) atoms. The highest BCUT2D eigenvalue weighted by Gasteiger charge is 2.11. The molecule has 0 heterocycles. The summed E-state index contributed by atoms with van der Waals surface area (Å²) in [6, 6.07) is 21.9. The fourth-order valence-electron chi connectivity index (χ4n) is 2.54. The summed E-state index contributed by atoms with van der Waals surface area (Å²) in [5, 5.41) is 12.8. The number of anilines is 1. The average Bonchev–Trinajstić information content (AvgIpc) is 2.74. The molecule has 0 saturated heterocycles. The Morgan fingerprint density at radius 1 is 1.10 bits per heavy atom. The Balaban J connectivity index is 1.71. The minimum atomic E-state index is -0.477. The zero-order valence-corrected chi connectivity index (χ0v) is 19.5. The Morgan fingerprint density at radius 2 is 1.83 bits per heavy atom. The number of hydrogen-bond acceptors (Lipinski definition) is 3. The molecule has 0 saturated carbocycles. The lowest BCUT2D eigenvalue weighted by Crippen LogP contribution is -2.13. The van der Waals surface area contributed by atoms with Crippen molar-refractivity contribution in [2.75, 3.05) is 5.32 Å². The summed E-state index contributed by atoms with van der Waals surface area (Å²) in [5.74, 6) is 0.153. The Bertz CT molecular complexity index is 1140. The van der Waals surface area contributed by atoms with E-state index in [9.17, 15) is 10.1 Å². The van der Waals surface area contributed by atoms with Crippen molar-refractivity contribution in [3.63, 3.8) is 0 Å². The standard InChI is InChI=1S/C23H15Br2ClN2O2/c24-18-6-8-19(9-7-18)28-23(29)17(13-27)11-15-5-10-22(20(25)12-15)30-14-16-3-1-2-4-21(16)26/h1-12H,14H2,(H,28,29)/b17-11-. The third-order valence-corrected chi connectivity index (χ3v) is 5.59. The van der Waals surface area contributed by atoms with Gasteiger partial charge < -0.3 is 10.1 Å². The highest BCUT2D eigenvalue weighted by Crippen LogP contribution is 2.28. The van der Waals surface area contributed by atoms with Gasteiger partial charge in [-0.25, -0.2) is 0 Å². The second kappa shape index (κ2) is 10.4. The maximum absolute atomic E-state index is 12.4. The van der Waals surface area contributed by atoms with Crippen LogP contribution in [-0.2, 0) is 11.4 Å². The molecular formula is C23H15Br2ClN2O2. The number of halogens is 3. The molecule has 3 aromatic carbocycles. The van der Waals surface area contributed by atoms with Crippen molar-refractivity contribution in [1.82, 2.24) is 0 Å². The Morgan fingerprint density at radius 3 is 2.50 bits per heavy atom. The number of amides is 1. The van der Waals surface area contributed by atoms with Crippen LogP contribution >= 0.6 is 43.5 Å². The largest absolute Gasteiger partial charge is 0.488 e. The van der Waals surface area contributed by atoms with Crippen LogP contribution in [0.3, 0.4) is 0 Å². The molecular weight excluding hydrogens is 532 g/mol. The zero-order valence-electron chi connectivity index (χ0n) is 15.5. The van der Waals surface area contributed by atoms with E-state index >= 15 is 0 Å². The molecule has 3 aromatic rings. The molecule has 3 rings (SSSR count). The van der Waals surface area contributed by atoms with Gasteiger partial charge in [0, 0.05) is 20.7 Å². The van der Waals surface area contributed by atoms with Crippen molar-refractivity contribution >= 4 is 61.1 Å². The van der Waals surface area contributed by atoms with Gasteiger partial charge in [0.2, 0.25) is 0 Å². The van der Waals surface area contributed by atoms with Crippen molar-refractivity contribution in [1.29, 1.82) is 5.26 Å². The Hall–Kier alpha value is -2.59. The molecule has 0 aromatic heterocycles. The molecule has 1 amide bonds. The van der Waals surface area contributed by atoms with Gasteiger partial charge in [-0.1, -0.05) is 51.8 Å². The molecule has 0 aliphatic carbocycles. The van der Waals surface area contributed by atoms with Gasteiger partial charge in [0.05, 0.1) is 4.47 Å². The number of hydrogen-bond donors (Lipinski definition) is 1. The number of nitrogens with zero attached hydrogens (tertiary/aromatic N) is 1. The summed E-state index contributed by atoms with van der Waals surface area (Å²) in [5.41, 5.74) is 2.17. The summed E-state index contributed by atoms with van der Waals surface area (Å²) in [4.78, 5) is 12.4. The van der Waals surface area contributed by atoms with Crippen LogP contribution in [0.5, 0.6) is 5.75 Å². The van der Waals surface area contributed by atoms with Crippen LogP contribution < -0.4 is 10.1 Å². The van der Waals surface area contributed by atoms with E-state index in [1.165, 1.54) is 6.08 Å². The van der Waals surface area contributed by atoms with Crippen LogP contribution in [0.25, 0.3) is 6.08 Å². The zero-order chi connectivity index (χ0) is 21.5. The number of benzene rings is 3. The molecule has 0 fully saturated rings. The van der Waals surface area contributed by atoms with Crippen LogP contribution in [0.4, 0.5) is 5.69 Å². The first-order valence-corrected chi connectivity index (χ1v) is 10.8. The van der Waals surface area contributed by atoms with Gasteiger partial charge in [0.1, 0.15) is 24.0 Å². The summed E-state index contributed by atoms with van der Waals surface area (Å²) >= 11 is 13.0. The number of rotatable bonds is 6. The van der Waals surface area contributed by atoms with Crippen LogP contribution in [0.2, 0.25) is 5.02 Å². The molecule has 7 heteroatoms. The van der Waals surface area contributed by atoms with Gasteiger partial charge in [0.25, 0.3) is 5.91 Å².